The van der Waals surface area contributed by atoms with E-state index in [1.165, 1.54) is 0 Å². The summed E-state index contributed by atoms with van der Waals surface area (Å²) in [6.07, 6.45) is 7.00. The van der Waals surface area contributed by atoms with Gasteiger partial charge in [-0.3, -0.25) is 4.79 Å². The van der Waals surface area contributed by atoms with Gasteiger partial charge in [-0.1, -0.05) is 18.2 Å². The third kappa shape index (κ3) is 3.51. The summed E-state index contributed by atoms with van der Waals surface area (Å²) in [5.74, 6) is -0.287. The van der Waals surface area contributed by atoms with Crippen LogP contribution in [0.2, 0.25) is 0 Å². The number of amides is 1. The van der Waals surface area contributed by atoms with Crippen LogP contribution in [-0.4, -0.2) is 31.9 Å². The molecule has 3 heterocycles. The maximum atomic E-state index is 12.1. The fraction of sp³-hybridized carbons (Fsp3) is 0.0526. The van der Waals surface area contributed by atoms with Crippen molar-refractivity contribution in [2.45, 2.75) is 0 Å². The van der Waals surface area contributed by atoms with E-state index in [1.54, 1.807) is 18.5 Å². The summed E-state index contributed by atoms with van der Waals surface area (Å²) in [4.78, 5) is 24.5. The van der Waals surface area contributed by atoms with Crippen molar-refractivity contribution in [3.8, 4) is 17.3 Å². The van der Waals surface area contributed by atoms with Gasteiger partial charge in [0.2, 0.25) is 0 Å². The molecule has 1 N–H and O–H groups in total. The van der Waals surface area contributed by atoms with Crippen LogP contribution in [0.5, 0.6) is 6.01 Å². The summed E-state index contributed by atoms with van der Waals surface area (Å²) < 4.78 is 7.20. The Morgan fingerprint density at radius 1 is 1.08 bits per heavy atom. The van der Waals surface area contributed by atoms with E-state index in [-0.39, 0.29) is 18.5 Å². The number of benzene rings is 1. The molecule has 0 unspecified atom stereocenters. The number of pyridine rings is 1. The zero-order valence-corrected chi connectivity index (χ0v) is 13.7. The number of fused-ring (bicyclic) bond motifs is 1. The molecule has 0 saturated carbocycles. The van der Waals surface area contributed by atoms with Crippen LogP contribution in [0.3, 0.4) is 0 Å². The standard InChI is InChI=1S/C19H15N5O2/c25-18(13-26-19-20-8-4-9-21-19)22-15-6-3-5-14(11-15)16-12-24-10-2-1-7-17(24)23-16/h1-12H,13H2,(H,22,25). The second-order valence-electron chi connectivity index (χ2n) is 5.54. The van der Waals surface area contributed by atoms with Gasteiger partial charge in [-0.25, -0.2) is 15.0 Å². The molecule has 3 aromatic heterocycles. The van der Waals surface area contributed by atoms with Crippen molar-refractivity contribution < 1.29 is 9.53 Å². The minimum atomic E-state index is -0.287. The van der Waals surface area contributed by atoms with E-state index in [4.69, 9.17) is 4.74 Å². The number of aromatic nitrogens is 4. The molecule has 1 aromatic carbocycles. The number of nitrogens with one attached hydrogen (secondary N) is 1. The summed E-state index contributed by atoms with van der Waals surface area (Å²) in [5, 5.41) is 2.80. The predicted molar refractivity (Wildman–Crippen MR) is 96.8 cm³/mol. The SMILES string of the molecule is O=C(COc1ncccn1)Nc1cccc(-c2cn3ccccc3n2)c1. The van der Waals surface area contributed by atoms with Crippen molar-refractivity contribution in [2.24, 2.45) is 0 Å². The Labute approximate surface area is 149 Å². The molecule has 0 bridgehead atoms. The first kappa shape index (κ1) is 15.8. The van der Waals surface area contributed by atoms with E-state index in [2.05, 4.69) is 20.3 Å². The number of nitrogens with zero attached hydrogens (tertiary/aromatic N) is 4. The van der Waals surface area contributed by atoms with Crippen LogP contribution in [0.1, 0.15) is 0 Å². The smallest absolute Gasteiger partial charge is 0.316 e. The summed E-state index contributed by atoms with van der Waals surface area (Å²) >= 11 is 0. The molecule has 26 heavy (non-hydrogen) atoms. The molecule has 0 aliphatic carbocycles. The lowest BCUT2D eigenvalue weighted by molar-refractivity contribution is -0.118. The second kappa shape index (κ2) is 7.02. The zero-order valence-electron chi connectivity index (χ0n) is 13.7. The van der Waals surface area contributed by atoms with Crippen LogP contribution >= 0.6 is 0 Å². The van der Waals surface area contributed by atoms with Crippen LogP contribution < -0.4 is 10.1 Å². The number of carbonyl (C=O) groups is 1. The van der Waals surface area contributed by atoms with Crippen molar-refractivity contribution in [2.75, 3.05) is 11.9 Å². The van der Waals surface area contributed by atoms with Gasteiger partial charge < -0.3 is 14.5 Å². The van der Waals surface area contributed by atoms with Crippen LogP contribution in [-0.2, 0) is 4.79 Å². The molecule has 0 saturated heterocycles. The van der Waals surface area contributed by atoms with E-state index >= 15 is 0 Å². The minimum absolute atomic E-state index is 0.164. The second-order valence-corrected chi connectivity index (χ2v) is 5.54. The van der Waals surface area contributed by atoms with Crippen molar-refractivity contribution in [1.29, 1.82) is 0 Å². The van der Waals surface area contributed by atoms with Gasteiger partial charge in [0, 0.05) is 36.0 Å². The van der Waals surface area contributed by atoms with E-state index in [0.29, 0.717) is 5.69 Å². The quantitative estimate of drug-likeness (QED) is 0.601. The van der Waals surface area contributed by atoms with E-state index in [1.807, 2.05) is 59.3 Å². The monoisotopic (exact) mass is 345 g/mol. The number of carbonyl (C=O) groups excluding carboxylic acids is 1. The summed E-state index contributed by atoms with van der Waals surface area (Å²) in [6.45, 7) is -0.164. The van der Waals surface area contributed by atoms with Crippen molar-refractivity contribution >= 4 is 17.2 Å². The molecule has 4 rings (SSSR count). The highest BCUT2D eigenvalue weighted by molar-refractivity contribution is 5.92. The Bertz CT molecular complexity index is 1010. The molecule has 0 aliphatic heterocycles. The van der Waals surface area contributed by atoms with Crippen LogP contribution in [0, 0.1) is 0 Å². The summed E-state index contributed by atoms with van der Waals surface area (Å²) in [5.41, 5.74) is 3.29. The normalized spacial score (nSPS) is 10.6. The lowest BCUT2D eigenvalue weighted by Gasteiger charge is -2.07. The topological polar surface area (TPSA) is 81.4 Å². The Morgan fingerprint density at radius 3 is 2.81 bits per heavy atom. The molecule has 7 nitrogen and oxygen atoms in total. The highest BCUT2D eigenvalue weighted by Crippen LogP contribution is 2.22. The number of imidazole rings is 1. The first-order chi connectivity index (χ1) is 12.8. The van der Waals surface area contributed by atoms with Crippen LogP contribution in [0.25, 0.3) is 16.9 Å². The molecule has 0 atom stereocenters. The fourth-order valence-corrected chi connectivity index (χ4v) is 2.52. The highest BCUT2D eigenvalue weighted by atomic mass is 16.5. The largest absolute Gasteiger partial charge is 0.453 e. The van der Waals surface area contributed by atoms with Crippen LogP contribution in [0.4, 0.5) is 5.69 Å². The molecule has 1 amide bonds. The molecular weight excluding hydrogens is 330 g/mol. The van der Waals surface area contributed by atoms with E-state index in [9.17, 15) is 4.79 Å². The van der Waals surface area contributed by atoms with Gasteiger partial charge in [0.15, 0.2) is 6.61 Å². The molecular formula is C19H15N5O2. The van der Waals surface area contributed by atoms with E-state index in [0.717, 1.165) is 16.9 Å². The van der Waals surface area contributed by atoms with Crippen molar-refractivity contribution in [3.63, 3.8) is 0 Å². The molecule has 0 radical (unpaired) electrons. The molecule has 7 heteroatoms. The van der Waals surface area contributed by atoms with Crippen molar-refractivity contribution in [1.82, 2.24) is 19.4 Å². The summed E-state index contributed by atoms with van der Waals surface area (Å²) in [7, 11) is 0. The Morgan fingerprint density at radius 2 is 1.96 bits per heavy atom. The molecule has 4 aromatic rings. The van der Waals surface area contributed by atoms with Gasteiger partial charge in [0.1, 0.15) is 5.65 Å². The van der Waals surface area contributed by atoms with Gasteiger partial charge >= 0.3 is 6.01 Å². The molecule has 0 aliphatic rings. The van der Waals surface area contributed by atoms with Gasteiger partial charge in [0.25, 0.3) is 5.91 Å². The first-order valence-electron chi connectivity index (χ1n) is 8.02. The predicted octanol–water partition coefficient (Wildman–Crippen LogP) is 2.81. The number of rotatable bonds is 5. The average Bonchev–Trinajstić information content (AvgIpc) is 3.12. The number of anilines is 1. The third-order valence-electron chi connectivity index (χ3n) is 3.68. The Balaban J connectivity index is 1.46. The number of ether oxygens (including phenoxy) is 1. The van der Waals surface area contributed by atoms with Gasteiger partial charge in [-0.05, 0) is 30.3 Å². The highest BCUT2D eigenvalue weighted by Gasteiger charge is 2.08. The molecule has 0 fully saturated rings. The third-order valence-corrected chi connectivity index (χ3v) is 3.68. The fourth-order valence-electron chi connectivity index (χ4n) is 2.52. The van der Waals surface area contributed by atoms with Gasteiger partial charge in [-0.15, -0.1) is 0 Å². The lowest BCUT2D eigenvalue weighted by Crippen LogP contribution is -2.20. The average molecular weight is 345 g/mol. The maximum Gasteiger partial charge on any atom is 0.316 e. The van der Waals surface area contributed by atoms with Gasteiger partial charge in [0.05, 0.1) is 5.69 Å². The Kier molecular flexibility index (Phi) is 4.26. The number of hydrogen-bond acceptors (Lipinski definition) is 5. The maximum absolute atomic E-state index is 12.1. The number of hydrogen-bond donors (Lipinski definition) is 1. The van der Waals surface area contributed by atoms with Gasteiger partial charge in [-0.2, -0.15) is 0 Å². The molecule has 128 valence electrons. The minimum Gasteiger partial charge on any atom is -0.453 e. The first-order valence-corrected chi connectivity index (χ1v) is 8.02. The lowest BCUT2D eigenvalue weighted by atomic mass is 10.1. The van der Waals surface area contributed by atoms with Crippen molar-refractivity contribution in [3.05, 3.63) is 73.3 Å². The van der Waals surface area contributed by atoms with Crippen LogP contribution in [0.15, 0.2) is 73.3 Å². The van der Waals surface area contributed by atoms with E-state index < -0.39 is 0 Å². The zero-order chi connectivity index (χ0) is 17.8. The molecule has 0 spiro atoms. The Hall–Kier alpha value is -3.74. The summed E-state index contributed by atoms with van der Waals surface area (Å²) in [6, 6.07) is 15.2.